The Hall–Kier alpha value is -1.61. The van der Waals surface area contributed by atoms with Gasteiger partial charge in [0.15, 0.2) is 0 Å². The highest BCUT2D eigenvalue weighted by Crippen LogP contribution is 2.44. The van der Waals surface area contributed by atoms with E-state index in [1.54, 1.807) is 32.1 Å². The number of aryl methyl sites for hydroxylation is 1. The molecule has 3 rings (SSSR count). The van der Waals surface area contributed by atoms with Gasteiger partial charge in [-0.1, -0.05) is 34.1 Å². The Morgan fingerprint density at radius 3 is 2.56 bits per heavy atom. The molecule has 3 heterocycles. The van der Waals surface area contributed by atoms with E-state index in [0.29, 0.717) is 6.42 Å². The molecular formula is C26H39NO6S. The molecule has 34 heavy (non-hydrogen) atoms. The SMILES string of the molecule is Cc1nc(C=C[C@@H]2C[C@@H]3O[C@]3(C)CCC[C@H](C)C(O)[C@@H](C)C(=O)C(C)(C)[C@@H](O)CC(=O)O2)cs1. The fraction of sp³-hybridized carbons (Fsp3) is 0.731. The number of ether oxygens (including phenoxy) is 2. The number of Topliss-reactive ketones (excluding diaryl/α,β-unsaturated/α-hetero) is 1. The minimum atomic E-state index is -1.22. The standard InChI is InChI=1S/C26H39NO6S/c1-15-8-7-11-26(6)21(33-26)12-19(10-9-18-14-34-17(3)27-18)32-22(29)13-20(28)25(4,5)24(31)16(2)23(15)30/h9-10,14-16,19-21,23,28,30H,7-8,11-13H2,1-6H3/t15-,16+,19+,20-,21-,23?,26+/m0/s1. The molecule has 7 nitrogen and oxygen atoms in total. The molecule has 1 aromatic heterocycles. The van der Waals surface area contributed by atoms with E-state index < -0.39 is 35.6 Å². The van der Waals surface area contributed by atoms with Crippen molar-refractivity contribution >= 4 is 29.2 Å². The lowest BCUT2D eigenvalue weighted by Gasteiger charge is -2.34. The van der Waals surface area contributed by atoms with E-state index in [9.17, 15) is 19.8 Å². The van der Waals surface area contributed by atoms with Gasteiger partial charge in [0.05, 0.1) is 46.5 Å². The number of carbonyl (C=O) groups is 2. The first-order valence-corrected chi connectivity index (χ1v) is 13.1. The number of hydrogen-bond acceptors (Lipinski definition) is 8. The van der Waals surface area contributed by atoms with Crippen LogP contribution in [0.2, 0.25) is 0 Å². The van der Waals surface area contributed by atoms with Crippen molar-refractivity contribution < 1.29 is 29.3 Å². The first kappa shape index (κ1) is 27.0. The molecule has 0 radical (unpaired) electrons. The third kappa shape index (κ3) is 6.33. The first-order chi connectivity index (χ1) is 15.8. The van der Waals surface area contributed by atoms with E-state index in [1.165, 1.54) is 0 Å². The minimum Gasteiger partial charge on any atom is -0.458 e. The van der Waals surface area contributed by atoms with Crippen LogP contribution in [0.15, 0.2) is 11.5 Å². The number of aliphatic hydroxyl groups excluding tert-OH is 2. The van der Waals surface area contributed by atoms with Crippen molar-refractivity contribution in [2.75, 3.05) is 0 Å². The molecule has 0 aromatic carbocycles. The minimum absolute atomic E-state index is 0.0397. The maximum absolute atomic E-state index is 13.2. The number of ketones is 1. The molecule has 2 fully saturated rings. The van der Waals surface area contributed by atoms with Crippen LogP contribution in [0.25, 0.3) is 6.08 Å². The van der Waals surface area contributed by atoms with Crippen LogP contribution in [-0.4, -0.2) is 57.0 Å². The maximum Gasteiger partial charge on any atom is 0.309 e. The molecule has 0 bridgehead atoms. The van der Waals surface area contributed by atoms with Gasteiger partial charge in [0, 0.05) is 17.7 Å². The molecule has 8 heteroatoms. The van der Waals surface area contributed by atoms with Crippen LogP contribution in [0.1, 0.15) is 77.4 Å². The van der Waals surface area contributed by atoms with Gasteiger partial charge in [0.2, 0.25) is 0 Å². The number of epoxide rings is 1. The van der Waals surface area contributed by atoms with Gasteiger partial charge in [-0.15, -0.1) is 11.3 Å². The van der Waals surface area contributed by atoms with Crippen LogP contribution in [0.3, 0.4) is 0 Å². The summed E-state index contributed by atoms with van der Waals surface area (Å²) in [5, 5.41) is 24.5. The second-order valence-corrected chi connectivity index (χ2v) is 11.9. The number of cyclic esters (lactones) is 1. The van der Waals surface area contributed by atoms with Crippen molar-refractivity contribution in [3.63, 3.8) is 0 Å². The smallest absolute Gasteiger partial charge is 0.309 e. The number of nitrogens with zero attached hydrogens (tertiary/aromatic N) is 1. The fourth-order valence-corrected chi connectivity index (χ4v) is 5.40. The van der Waals surface area contributed by atoms with E-state index in [0.717, 1.165) is 30.0 Å². The van der Waals surface area contributed by atoms with E-state index in [2.05, 4.69) is 11.9 Å². The molecule has 2 N–H and O–H groups in total. The van der Waals surface area contributed by atoms with Crippen LogP contribution in [0, 0.1) is 24.2 Å². The van der Waals surface area contributed by atoms with Crippen LogP contribution in [-0.2, 0) is 19.1 Å². The van der Waals surface area contributed by atoms with Gasteiger partial charge in [0.25, 0.3) is 0 Å². The largest absolute Gasteiger partial charge is 0.458 e. The average Bonchev–Trinajstić information content (AvgIpc) is 3.19. The van der Waals surface area contributed by atoms with Crippen molar-refractivity contribution in [3.05, 3.63) is 22.2 Å². The summed E-state index contributed by atoms with van der Waals surface area (Å²) in [5.74, 6) is -1.55. The quantitative estimate of drug-likeness (QED) is 0.472. The van der Waals surface area contributed by atoms with E-state index in [1.807, 2.05) is 31.4 Å². The van der Waals surface area contributed by atoms with Gasteiger partial charge in [0.1, 0.15) is 11.9 Å². The molecule has 0 spiro atoms. The molecule has 2 aliphatic rings. The van der Waals surface area contributed by atoms with Gasteiger partial charge in [-0.2, -0.15) is 0 Å². The van der Waals surface area contributed by atoms with Crippen molar-refractivity contribution in [2.24, 2.45) is 17.3 Å². The predicted octanol–water partition coefficient (Wildman–Crippen LogP) is 4.09. The molecule has 0 amide bonds. The Kier molecular flexibility index (Phi) is 8.38. The van der Waals surface area contributed by atoms with Gasteiger partial charge >= 0.3 is 5.97 Å². The summed E-state index contributed by atoms with van der Waals surface area (Å²) in [7, 11) is 0. The summed E-state index contributed by atoms with van der Waals surface area (Å²) in [5.41, 5.74) is -0.684. The Balaban J connectivity index is 1.81. The Morgan fingerprint density at radius 1 is 1.21 bits per heavy atom. The number of carbonyl (C=O) groups excluding carboxylic acids is 2. The zero-order chi connectivity index (χ0) is 25.3. The summed E-state index contributed by atoms with van der Waals surface area (Å²) in [6, 6.07) is 0. The number of thiazole rings is 1. The maximum atomic E-state index is 13.2. The number of esters is 1. The molecule has 190 valence electrons. The second kappa shape index (κ2) is 10.6. The van der Waals surface area contributed by atoms with Crippen molar-refractivity contribution in [3.8, 4) is 0 Å². The lowest BCUT2D eigenvalue weighted by molar-refractivity contribution is -0.154. The summed E-state index contributed by atoms with van der Waals surface area (Å²) in [6.07, 6.45) is 3.72. The predicted molar refractivity (Wildman–Crippen MR) is 131 cm³/mol. The molecule has 1 aromatic rings. The summed E-state index contributed by atoms with van der Waals surface area (Å²) in [4.78, 5) is 30.4. The Morgan fingerprint density at radius 2 is 1.91 bits per heavy atom. The Bertz CT molecular complexity index is 911. The number of hydrogen-bond donors (Lipinski definition) is 2. The van der Waals surface area contributed by atoms with E-state index in [-0.39, 0.29) is 29.8 Å². The number of aromatic nitrogens is 1. The van der Waals surface area contributed by atoms with Crippen molar-refractivity contribution in [2.45, 2.75) is 104 Å². The zero-order valence-corrected chi connectivity index (χ0v) is 21.9. The monoisotopic (exact) mass is 493 g/mol. The van der Waals surface area contributed by atoms with Crippen LogP contribution >= 0.6 is 11.3 Å². The van der Waals surface area contributed by atoms with E-state index >= 15 is 0 Å². The molecule has 0 aliphatic carbocycles. The number of fused-ring (bicyclic) bond motifs is 1. The molecule has 1 unspecified atom stereocenters. The van der Waals surface area contributed by atoms with Crippen LogP contribution < -0.4 is 0 Å². The summed E-state index contributed by atoms with van der Waals surface area (Å²) >= 11 is 1.55. The zero-order valence-electron chi connectivity index (χ0n) is 21.1. The lowest BCUT2D eigenvalue weighted by Crippen LogP contribution is -2.45. The first-order valence-electron chi connectivity index (χ1n) is 12.2. The number of aliphatic hydroxyl groups is 2. The highest BCUT2D eigenvalue weighted by atomic mass is 32.1. The summed E-state index contributed by atoms with van der Waals surface area (Å²) < 4.78 is 11.7. The molecule has 0 saturated carbocycles. The third-order valence-corrected chi connectivity index (χ3v) is 8.34. The molecule has 7 atom stereocenters. The average molecular weight is 494 g/mol. The summed E-state index contributed by atoms with van der Waals surface area (Å²) in [6.45, 7) is 10.9. The Labute approximate surface area is 206 Å². The highest BCUT2D eigenvalue weighted by Gasteiger charge is 2.52. The van der Waals surface area contributed by atoms with E-state index in [4.69, 9.17) is 9.47 Å². The lowest BCUT2D eigenvalue weighted by atomic mass is 9.73. The van der Waals surface area contributed by atoms with Gasteiger partial charge < -0.3 is 19.7 Å². The van der Waals surface area contributed by atoms with Crippen molar-refractivity contribution in [1.29, 1.82) is 0 Å². The molecule has 2 saturated heterocycles. The topological polar surface area (TPSA) is 109 Å². The van der Waals surface area contributed by atoms with Gasteiger partial charge in [-0.25, -0.2) is 4.98 Å². The number of rotatable bonds is 2. The molecule has 2 aliphatic heterocycles. The van der Waals surface area contributed by atoms with Crippen molar-refractivity contribution in [1.82, 2.24) is 4.98 Å². The third-order valence-electron chi connectivity index (χ3n) is 7.55. The van der Waals surface area contributed by atoms with Crippen LogP contribution in [0.4, 0.5) is 0 Å². The van der Waals surface area contributed by atoms with Gasteiger partial charge in [-0.3, -0.25) is 9.59 Å². The van der Waals surface area contributed by atoms with Crippen LogP contribution in [0.5, 0.6) is 0 Å². The fourth-order valence-electron chi connectivity index (χ4n) is 4.82. The van der Waals surface area contributed by atoms with Gasteiger partial charge in [-0.05, 0) is 44.8 Å². The molecular weight excluding hydrogens is 454 g/mol. The highest BCUT2D eigenvalue weighted by molar-refractivity contribution is 7.09. The normalized spacial score (nSPS) is 37.9. The second-order valence-electron chi connectivity index (χ2n) is 10.8.